The van der Waals surface area contributed by atoms with E-state index in [1.54, 1.807) is 4.68 Å². The van der Waals surface area contributed by atoms with Crippen molar-refractivity contribution in [1.82, 2.24) is 9.78 Å². The maximum absolute atomic E-state index is 6.69. The molecule has 0 saturated carbocycles. The Morgan fingerprint density at radius 3 is 2.24 bits per heavy atom. The van der Waals surface area contributed by atoms with Gasteiger partial charge in [-0.3, -0.25) is 0 Å². The summed E-state index contributed by atoms with van der Waals surface area (Å²) in [5.41, 5.74) is 16.4. The monoisotopic (exact) mass is 352 g/mol. The lowest BCUT2D eigenvalue weighted by Crippen LogP contribution is -2.05. The number of hydrogen-bond acceptors (Lipinski definition) is 3. The van der Waals surface area contributed by atoms with Crippen LogP contribution in [-0.4, -0.2) is 9.78 Å². The third-order valence-electron chi connectivity index (χ3n) is 4.02. The molecule has 3 rings (SSSR count). The van der Waals surface area contributed by atoms with E-state index < -0.39 is 0 Å². The SMILES string of the molecule is CCCn1nc(-c2ccccc2)c(/C(Cl)=C(\N)c2ccccc2)c1N. The maximum atomic E-state index is 6.69. The van der Waals surface area contributed by atoms with Gasteiger partial charge in [0.05, 0.1) is 16.3 Å². The molecule has 0 amide bonds. The Hall–Kier alpha value is -2.72. The second-order valence-corrected chi connectivity index (χ2v) is 6.17. The van der Waals surface area contributed by atoms with Crippen LogP contribution >= 0.6 is 11.6 Å². The molecule has 0 radical (unpaired) electrons. The summed E-state index contributed by atoms with van der Waals surface area (Å²) in [5, 5.41) is 5.11. The highest BCUT2D eigenvalue weighted by atomic mass is 35.5. The number of nitrogen functional groups attached to an aromatic ring is 1. The number of nitrogens with zero attached hydrogens (tertiary/aromatic N) is 2. The van der Waals surface area contributed by atoms with E-state index in [-0.39, 0.29) is 0 Å². The molecule has 0 spiro atoms. The van der Waals surface area contributed by atoms with Gasteiger partial charge >= 0.3 is 0 Å². The van der Waals surface area contributed by atoms with Gasteiger partial charge in [-0.1, -0.05) is 79.2 Å². The van der Waals surface area contributed by atoms with Crippen molar-refractivity contribution in [2.24, 2.45) is 5.73 Å². The van der Waals surface area contributed by atoms with Crippen molar-refractivity contribution in [2.45, 2.75) is 19.9 Å². The second kappa shape index (κ2) is 7.45. The first kappa shape index (κ1) is 17.1. The first-order valence-electron chi connectivity index (χ1n) is 8.26. The van der Waals surface area contributed by atoms with Gasteiger partial charge in [0.15, 0.2) is 0 Å². The number of hydrogen-bond donors (Lipinski definition) is 2. The minimum atomic E-state index is 0.421. The summed E-state index contributed by atoms with van der Waals surface area (Å²) in [6.45, 7) is 2.81. The predicted octanol–water partition coefficient (Wildman–Crippen LogP) is 4.57. The lowest BCUT2D eigenvalue weighted by atomic mass is 10.0. The van der Waals surface area contributed by atoms with E-state index in [9.17, 15) is 0 Å². The molecule has 0 aliphatic rings. The fraction of sp³-hybridized carbons (Fsp3) is 0.150. The van der Waals surface area contributed by atoms with Crippen LogP contribution in [0, 0.1) is 0 Å². The van der Waals surface area contributed by atoms with E-state index in [0.717, 1.165) is 29.8 Å². The first-order valence-corrected chi connectivity index (χ1v) is 8.64. The standard InChI is InChI=1S/C20H21ClN4/c1-2-13-25-20(23)16(19(24-25)15-11-7-4-8-12-15)17(21)18(22)14-9-5-3-6-10-14/h3-12H,2,13,22-23H2,1H3/b18-17+. The summed E-state index contributed by atoms with van der Waals surface area (Å²) < 4.78 is 1.79. The van der Waals surface area contributed by atoms with E-state index in [1.807, 2.05) is 60.7 Å². The molecule has 0 bridgehead atoms. The Morgan fingerprint density at radius 2 is 1.64 bits per heavy atom. The number of rotatable bonds is 5. The van der Waals surface area contributed by atoms with Crippen LogP contribution in [0.25, 0.3) is 22.0 Å². The summed E-state index contributed by atoms with van der Waals surface area (Å²) in [5.74, 6) is 0.532. The number of anilines is 1. The summed E-state index contributed by atoms with van der Waals surface area (Å²) in [6.07, 6.45) is 0.926. The van der Waals surface area contributed by atoms with Crippen molar-refractivity contribution in [2.75, 3.05) is 5.73 Å². The van der Waals surface area contributed by atoms with E-state index in [2.05, 4.69) is 12.0 Å². The van der Waals surface area contributed by atoms with Gasteiger partial charge in [-0.2, -0.15) is 5.10 Å². The smallest absolute Gasteiger partial charge is 0.131 e. The van der Waals surface area contributed by atoms with Gasteiger partial charge in [0.25, 0.3) is 0 Å². The van der Waals surface area contributed by atoms with E-state index >= 15 is 0 Å². The molecule has 0 saturated heterocycles. The minimum Gasteiger partial charge on any atom is -0.397 e. The quantitative estimate of drug-likeness (QED) is 0.706. The fourth-order valence-corrected chi connectivity index (χ4v) is 3.05. The van der Waals surface area contributed by atoms with Crippen LogP contribution in [0.3, 0.4) is 0 Å². The number of benzene rings is 2. The van der Waals surface area contributed by atoms with Gasteiger partial charge in [-0.15, -0.1) is 0 Å². The molecule has 25 heavy (non-hydrogen) atoms. The van der Waals surface area contributed by atoms with Crippen LogP contribution in [0.2, 0.25) is 0 Å². The van der Waals surface area contributed by atoms with Crippen molar-refractivity contribution in [3.05, 3.63) is 71.8 Å². The summed E-state index contributed by atoms with van der Waals surface area (Å²) in [4.78, 5) is 0. The molecule has 4 N–H and O–H groups in total. The number of aryl methyl sites for hydroxylation is 1. The molecule has 128 valence electrons. The average Bonchev–Trinajstić information content (AvgIpc) is 2.99. The molecule has 0 atom stereocenters. The van der Waals surface area contributed by atoms with Gasteiger partial charge < -0.3 is 11.5 Å². The molecule has 0 aliphatic heterocycles. The molecular weight excluding hydrogens is 332 g/mol. The highest BCUT2D eigenvalue weighted by Crippen LogP contribution is 2.37. The second-order valence-electron chi connectivity index (χ2n) is 5.79. The molecule has 1 heterocycles. The molecule has 0 unspecified atom stereocenters. The molecule has 3 aromatic rings. The van der Waals surface area contributed by atoms with Gasteiger partial charge in [-0.05, 0) is 12.0 Å². The van der Waals surface area contributed by atoms with Crippen LogP contribution < -0.4 is 11.5 Å². The Bertz CT molecular complexity index is 883. The average molecular weight is 353 g/mol. The molecule has 0 aliphatic carbocycles. The normalized spacial score (nSPS) is 12.1. The van der Waals surface area contributed by atoms with Crippen molar-refractivity contribution in [3.8, 4) is 11.3 Å². The zero-order chi connectivity index (χ0) is 17.8. The van der Waals surface area contributed by atoms with Crippen LogP contribution in [0.15, 0.2) is 60.7 Å². The summed E-state index contributed by atoms with van der Waals surface area (Å²) in [7, 11) is 0. The lowest BCUT2D eigenvalue weighted by molar-refractivity contribution is 0.613. The lowest BCUT2D eigenvalue weighted by Gasteiger charge is -2.08. The van der Waals surface area contributed by atoms with Gasteiger partial charge in [-0.25, -0.2) is 4.68 Å². The van der Waals surface area contributed by atoms with E-state index in [1.165, 1.54) is 0 Å². The fourth-order valence-electron chi connectivity index (χ4n) is 2.75. The molecular formula is C20H21ClN4. The number of aromatic nitrogens is 2. The van der Waals surface area contributed by atoms with Crippen LogP contribution in [0.5, 0.6) is 0 Å². The predicted molar refractivity (Wildman–Crippen MR) is 106 cm³/mol. The topological polar surface area (TPSA) is 69.9 Å². The van der Waals surface area contributed by atoms with E-state index in [0.29, 0.717) is 22.1 Å². The van der Waals surface area contributed by atoms with Crippen molar-refractivity contribution >= 4 is 28.1 Å². The maximum Gasteiger partial charge on any atom is 0.131 e. The van der Waals surface area contributed by atoms with Crippen LogP contribution in [-0.2, 0) is 6.54 Å². The van der Waals surface area contributed by atoms with Gasteiger partial charge in [0.2, 0.25) is 0 Å². The summed E-state index contributed by atoms with van der Waals surface area (Å²) >= 11 is 6.69. The first-order chi connectivity index (χ1) is 12.1. The molecule has 5 heteroatoms. The van der Waals surface area contributed by atoms with E-state index in [4.69, 9.17) is 23.1 Å². The Morgan fingerprint density at radius 1 is 1.04 bits per heavy atom. The van der Waals surface area contributed by atoms with Gasteiger partial charge in [0, 0.05) is 12.1 Å². The van der Waals surface area contributed by atoms with Crippen molar-refractivity contribution < 1.29 is 0 Å². The zero-order valence-electron chi connectivity index (χ0n) is 14.1. The largest absolute Gasteiger partial charge is 0.397 e. The Kier molecular flexibility index (Phi) is 5.10. The Labute approximate surface area is 152 Å². The van der Waals surface area contributed by atoms with Crippen LogP contribution in [0.1, 0.15) is 24.5 Å². The highest BCUT2D eigenvalue weighted by molar-refractivity contribution is 6.53. The zero-order valence-corrected chi connectivity index (χ0v) is 14.9. The summed E-state index contributed by atoms with van der Waals surface area (Å²) in [6, 6.07) is 19.5. The molecule has 4 nitrogen and oxygen atoms in total. The minimum absolute atomic E-state index is 0.421. The van der Waals surface area contributed by atoms with Gasteiger partial charge in [0.1, 0.15) is 11.5 Å². The molecule has 0 fully saturated rings. The number of nitrogens with two attached hydrogens (primary N) is 2. The van der Waals surface area contributed by atoms with Crippen molar-refractivity contribution in [1.29, 1.82) is 0 Å². The number of halogens is 1. The Balaban J connectivity index is 2.20. The molecule has 2 aromatic carbocycles. The third-order valence-corrected chi connectivity index (χ3v) is 4.41. The third kappa shape index (κ3) is 3.39. The highest BCUT2D eigenvalue weighted by Gasteiger charge is 2.21. The van der Waals surface area contributed by atoms with Crippen molar-refractivity contribution in [3.63, 3.8) is 0 Å². The molecule has 1 aromatic heterocycles. The van der Waals surface area contributed by atoms with Crippen LogP contribution in [0.4, 0.5) is 5.82 Å².